The second-order valence-electron chi connectivity index (χ2n) is 7.90. The highest BCUT2D eigenvalue weighted by molar-refractivity contribution is 5.91. The zero-order valence-corrected chi connectivity index (χ0v) is 16.5. The molecule has 5 rings (SSSR count). The molecule has 1 aliphatic rings. The van der Waals surface area contributed by atoms with Gasteiger partial charge in [0.1, 0.15) is 17.0 Å². The van der Waals surface area contributed by atoms with E-state index < -0.39 is 0 Å². The Morgan fingerprint density at radius 3 is 2.54 bits per heavy atom. The Balaban J connectivity index is 1.58. The van der Waals surface area contributed by atoms with Crippen LogP contribution >= 0.6 is 0 Å². The standard InChI is InChI=1S/C25H25NO2/c1-16-12-15-23(27-18-8-4-3-5-9-18)20-13-14-21(26-24(16)20)25-17(2)19-10-6-7-11-22(19)28-25/h6-7,10-15,18H,3-5,8-9H2,1-2H3. The van der Waals surface area contributed by atoms with Crippen LogP contribution in [-0.2, 0) is 0 Å². The molecular weight excluding hydrogens is 346 g/mol. The van der Waals surface area contributed by atoms with Gasteiger partial charge in [0.15, 0.2) is 5.76 Å². The molecule has 2 heterocycles. The van der Waals surface area contributed by atoms with Gasteiger partial charge >= 0.3 is 0 Å². The first-order chi connectivity index (χ1) is 13.7. The van der Waals surface area contributed by atoms with Gasteiger partial charge in [-0.25, -0.2) is 4.98 Å². The summed E-state index contributed by atoms with van der Waals surface area (Å²) in [4.78, 5) is 4.98. The molecule has 0 unspecified atom stereocenters. The van der Waals surface area contributed by atoms with Crippen LogP contribution < -0.4 is 4.74 Å². The Labute approximate surface area is 165 Å². The lowest BCUT2D eigenvalue weighted by Crippen LogP contribution is -2.19. The summed E-state index contributed by atoms with van der Waals surface area (Å²) in [6.07, 6.45) is 6.50. The number of para-hydroxylation sites is 1. The van der Waals surface area contributed by atoms with Crippen molar-refractivity contribution < 1.29 is 9.15 Å². The van der Waals surface area contributed by atoms with E-state index in [1.807, 2.05) is 18.2 Å². The van der Waals surface area contributed by atoms with Crippen LogP contribution in [0, 0.1) is 13.8 Å². The van der Waals surface area contributed by atoms with Crippen LogP contribution in [0.5, 0.6) is 5.75 Å². The lowest BCUT2D eigenvalue weighted by atomic mass is 9.97. The van der Waals surface area contributed by atoms with E-state index in [9.17, 15) is 0 Å². The first-order valence-corrected chi connectivity index (χ1v) is 10.3. The monoisotopic (exact) mass is 371 g/mol. The molecule has 1 saturated carbocycles. The number of ether oxygens (including phenoxy) is 1. The van der Waals surface area contributed by atoms with Gasteiger partial charge in [0, 0.05) is 16.3 Å². The fraction of sp³-hybridized carbons (Fsp3) is 0.320. The molecule has 1 fully saturated rings. The average molecular weight is 371 g/mol. The third kappa shape index (κ3) is 2.95. The van der Waals surface area contributed by atoms with Crippen LogP contribution in [0.2, 0.25) is 0 Å². The maximum absolute atomic E-state index is 6.38. The molecule has 142 valence electrons. The van der Waals surface area contributed by atoms with Crippen molar-refractivity contribution in [1.29, 1.82) is 0 Å². The maximum Gasteiger partial charge on any atom is 0.156 e. The number of hydrogen-bond donors (Lipinski definition) is 0. The van der Waals surface area contributed by atoms with Crippen molar-refractivity contribution in [3.8, 4) is 17.2 Å². The Kier molecular flexibility index (Phi) is 4.31. The molecule has 4 aromatic rings. The molecule has 3 heteroatoms. The van der Waals surface area contributed by atoms with Crippen LogP contribution in [0.4, 0.5) is 0 Å². The van der Waals surface area contributed by atoms with Gasteiger partial charge in [0.2, 0.25) is 0 Å². The summed E-state index contributed by atoms with van der Waals surface area (Å²) in [5.41, 5.74) is 5.06. The summed E-state index contributed by atoms with van der Waals surface area (Å²) in [5.74, 6) is 1.80. The minimum absolute atomic E-state index is 0.331. The smallest absolute Gasteiger partial charge is 0.156 e. The number of aromatic nitrogens is 1. The summed E-state index contributed by atoms with van der Waals surface area (Å²) in [6, 6.07) is 16.6. The molecule has 0 bridgehead atoms. The van der Waals surface area contributed by atoms with Crippen molar-refractivity contribution in [2.24, 2.45) is 0 Å². The van der Waals surface area contributed by atoms with Crippen molar-refractivity contribution in [2.45, 2.75) is 52.1 Å². The molecule has 2 aromatic carbocycles. The van der Waals surface area contributed by atoms with E-state index in [1.54, 1.807) is 0 Å². The summed E-state index contributed by atoms with van der Waals surface area (Å²) < 4.78 is 12.5. The molecule has 0 amide bonds. The fourth-order valence-electron chi connectivity index (χ4n) is 4.34. The highest BCUT2D eigenvalue weighted by Gasteiger charge is 2.18. The minimum atomic E-state index is 0.331. The molecule has 0 aliphatic heterocycles. The molecule has 0 atom stereocenters. The molecule has 0 N–H and O–H groups in total. The fourth-order valence-corrected chi connectivity index (χ4v) is 4.34. The number of pyridine rings is 1. The highest BCUT2D eigenvalue weighted by Crippen LogP contribution is 2.35. The number of nitrogens with zero attached hydrogens (tertiary/aromatic N) is 1. The average Bonchev–Trinajstić information content (AvgIpc) is 3.08. The van der Waals surface area contributed by atoms with Crippen LogP contribution in [0.25, 0.3) is 33.3 Å². The van der Waals surface area contributed by atoms with Crippen molar-refractivity contribution in [3.05, 3.63) is 59.7 Å². The first kappa shape index (κ1) is 17.3. The van der Waals surface area contributed by atoms with E-state index in [0.717, 1.165) is 63.0 Å². The quantitative estimate of drug-likeness (QED) is 0.390. The summed E-state index contributed by atoms with van der Waals surface area (Å²) >= 11 is 0. The SMILES string of the molecule is Cc1c(-c2ccc3c(OC4CCCCC4)ccc(C)c3n2)oc2ccccc12. The van der Waals surface area contributed by atoms with Crippen LogP contribution in [0.3, 0.4) is 0 Å². The zero-order chi connectivity index (χ0) is 19.1. The molecule has 0 saturated heterocycles. The van der Waals surface area contributed by atoms with E-state index in [1.165, 1.54) is 19.3 Å². The van der Waals surface area contributed by atoms with Gasteiger partial charge in [0.25, 0.3) is 0 Å². The van der Waals surface area contributed by atoms with E-state index in [-0.39, 0.29) is 0 Å². The van der Waals surface area contributed by atoms with Crippen molar-refractivity contribution in [1.82, 2.24) is 4.98 Å². The largest absolute Gasteiger partial charge is 0.490 e. The summed E-state index contributed by atoms with van der Waals surface area (Å²) in [7, 11) is 0. The number of rotatable bonds is 3. The molecule has 3 nitrogen and oxygen atoms in total. The third-order valence-electron chi connectivity index (χ3n) is 5.94. The first-order valence-electron chi connectivity index (χ1n) is 10.3. The predicted octanol–water partition coefficient (Wildman–Crippen LogP) is 6.98. The number of fused-ring (bicyclic) bond motifs is 2. The number of aryl methyl sites for hydroxylation is 2. The van der Waals surface area contributed by atoms with E-state index in [2.05, 4.69) is 44.2 Å². The zero-order valence-electron chi connectivity index (χ0n) is 16.5. The Morgan fingerprint density at radius 2 is 1.71 bits per heavy atom. The van der Waals surface area contributed by atoms with Gasteiger partial charge in [-0.05, 0) is 69.4 Å². The molecule has 2 aromatic heterocycles. The Bertz CT molecular complexity index is 1150. The minimum Gasteiger partial charge on any atom is -0.490 e. The number of hydrogen-bond acceptors (Lipinski definition) is 3. The van der Waals surface area contributed by atoms with Crippen molar-refractivity contribution in [3.63, 3.8) is 0 Å². The molecular formula is C25H25NO2. The Morgan fingerprint density at radius 1 is 0.893 bits per heavy atom. The highest BCUT2D eigenvalue weighted by atomic mass is 16.5. The van der Waals surface area contributed by atoms with Gasteiger partial charge in [0.05, 0.1) is 11.6 Å². The van der Waals surface area contributed by atoms with E-state index in [0.29, 0.717) is 6.10 Å². The molecule has 0 radical (unpaired) electrons. The number of furan rings is 1. The summed E-state index contributed by atoms with van der Waals surface area (Å²) in [6.45, 7) is 4.21. The lowest BCUT2D eigenvalue weighted by Gasteiger charge is -2.24. The second kappa shape index (κ2) is 6.97. The van der Waals surface area contributed by atoms with Gasteiger partial charge in [-0.15, -0.1) is 0 Å². The normalized spacial score (nSPS) is 15.4. The van der Waals surface area contributed by atoms with Gasteiger partial charge in [-0.2, -0.15) is 0 Å². The van der Waals surface area contributed by atoms with Crippen molar-refractivity contribution >= 4 is 21.9 Å². The van der Waals surface area contributed by atoms with Crippen molar-refractivity contribution in [2.75, 3.05) is 0 Å². The molecule has 28 heavy (non-hydrogen) atoms. The molecule has 1 aliphatic carbocycles. The van der Waals surface area contributed by atoms with Crippen LogP contribution in [-0.4, -0.2) is 11.1 Å². The topological polar surface area (TPSA) is 35.3 Å². The van der Waals surface area contributed by atoms with Gasteiger partial charge in [-0.1, -0.05) is 30.7 Å². The van der Waals surface area contributed by atoms with E-state index >= 15 is 0 Å². The second-order valence-corrected chi connectivity index (χ2v) is 7.90. The Hall–Kier alpha value is -2.81. The van der Waals surface area contributed by atoms with Crippen LogP contribution in [0.15, 0.2) is 52.9 Å². The molecule has 0 spiro atoms. The van der Waals surface area contributed by atoms with E-state index in [4.69, 9.17) is 14.1 Å². The summed E-state index contributed by atoms with van der Waals surface area (Å²) in [5, 5.41) is 2.23. The predicted molar refractivity (Wildman–Crippen MR) is 114 cm³/mol. The lowest BCUT2D eigenvalue weighted by molar-refractivity contribution is 0.157. The van der Waals surface area contributed by atoms with Gasteiger partial charge < -0.3 is 9.15 Å². The number of benzene rings is 2. The van der Waals surface area contributed by atoms with Crippen LogP contribution in [0.1, 0.15) is 43.2 Å². The van der Waals surface area contributed by atoms with Gasteiger partial charge in [-0.3, -0.25) is 0 Å². The third-order valence-corrected chi connectivity index (χ3v) is 5.94. The maximum atomic E-state index is 6.38.